The number of aliphatic hydroxyl groups is 1. The first kappa shape index (κ1) is 13.7. The monoisotopic (exact) mass is 268 g/mol. The summed E-state index contributed by atoms with van der Waals surface area (Å²) in [6, 6.07) is 3.76. The van der Waals surface area contributed by atoms with Crippen molar-refractivity contribution < 1.29 is 14.4 Å². The van der Waals surface area contributed by atoms with E-state index in [2.05, 4.69) is 0 Å². The molecule has 104 valence electrons. The molecule has 1 aromatic carbocycles. The van der Waals surface area contributed by atoms with Crippen molar-refractivity contribution in [1.82, 2.24) is 0 Å². The number of non-ortho nitro benzene ring substituents is 1. The number of nitro groups is 1. The van der Waals surface area contributed by atoms with Crippen LogP contribution in [-0.4, -0.2) is 29.7 Å². The number of rotatable bonds is 4. The van der Waals surface area contributed by atoms with Gasteiger partial charge in [-0.15, -0.1) is 0 Å². The lowest BCUT2D eigenvalue weighted by Gasteiger charge is -2.34. The molecule has 6 heteroatoms. The minimum absolute atomic E-state index is 0.140. The molecule has 0 radical (unpaired) electrons. The minimum atomic E-state index is -0.600. The predicted molar refractivity (Wildman–Crippen MR) is 69.7 cm³/mol. The molecule has 1 saturated heterocycles. The largest absolute Gasteiger partial charge is 0.396 e. The number of nitro benzene ring substituents is 1. The Hall–Kier alpha value is -1.69. The van der Waals surface area contributed by atoms with Crippen LogP contribution in [0.1, 0.15) is 19.3 Å². The summed E-state index contributed by atoms with van der Waals surface area (Å²) in [6.45, 7) is 1.58. The highest BCUT2D eigenvalue weighted by atomic mass is 19.1. The molecule has 1 atom stereocenters. The number of benzene rings is 1. The molecule has 5 nitrogen and oxygen atoms in total. The smallest absolute Gasteiger partial charge is 0.272 e. The molecule has 1 N–H and O–H groups in total. The van der Waals surface area contributed by atoms with Crippen molar-refractivity contribution in [2.75, 3.05) is 24.6 Å². The molecule has 0 bridgehead atoms. The van der Waals surface area contributed by atoms with Gasteiger partial charge >= 0.3 is 0 Å². The Balaban J connectivity index is 2.15. The number of piperidine rings is 1. The lowest BCUT2D eigenvalue weighted by molar-refractivity contribution is -0.385. The standard InChI is InChI=1S/C13H17FN2O3/c14-12-8-11(16(18)19)3-4-13(12)15-6-1-2-10(9-15)5-7-17/h3-4,8,10,17H,1-2,5-7,9H2. The van der Waals surface area contributed by atoms with E-state index in [0.717, 1.165) is 25.5 Å². The van der Waals surface area contributed by atoms with Crippen LogP contribution in [0, 0.1) is 21.8 Å². The molecule has 1 aliphatic heterocycles. The summed E-state index contributed by atoms with van der Waals surface area (Å²) in [6.07, 6.45) is 2.69. The van der Waals surface area contributed by atoms with Crippen LogP contribution in [-0.2, 0) is 0 Å². The van der Waals surface area contributed by atoms with Crippen molar-refractivity contribution >= 4 is 11.4 Å². The van der Waals surface area contributed by atoms with E-state index in [1.54, 1.807) is 0 Å². The molecule has 0 aliphatic carbocycles. The van der Waals surface area contributed by atoms with E-state index in [0.29, 0.717) is 24.6 Å². The molecule has 0 spiro atoms. The van der Waals surface area contributed by atoms with Gasteiger partial charge in [-0.2, -0.15) is 0 Å². The highest BCUT2D eigenvalue weighted by Crippen LogP contribution is 2.29. The van der Waals surface area contributed by atoms with Crippen molar-refractivity contribution in [3.05, 3.63) is 34.1 Å². The molecule has 0 saturated carbocycles. The van der Waals surface area contributed by atoms with Gasteiger partial charge in [0.05, 0.1) is 16.7 Å². The molecule has 1 aromatic rings. The van der Waals surface area contributed by atoms with Crippen LogP contribution >= 0.6 is 0 Å². The van der Waals surface area contributed by atoms with Gasteiger partial charge in [0.25, 0.3) is 5.69 Å². The zero-order valence-corrected chi connectivity index (χ0v) is 10.6. The van der Waals surface area contributed by atoms with E-state index in [-0.39, 0.29) is 12.3 Å². The second-order valence-corrected chi connectivity index (χ2v) is 4.86. The highest BCUT2D eigenvalue weighted by Gasteiger charge is 2.22. The molecule has 19 heavy (non-hydrogen) atoms. The summed E-state index contributed by atoms with van der Waals surface area (Å²) in [5, 5.41) is 19.5. The van der Waals surface area contributed by atoms with Crippen LogP contribution in [0.15, 0.2) is 18.2 Å². The predicted octanol–water partition coefficient (Wildman–Crippen LogP) is 2.33. The lowest BCUT2D eigenvalue weighted by Crippen LogP contribution is -2.36. The number of anilines is 1. The molecule has 0 aromatic heterocycles. The lowest BCUT2D eigenvalue weighted by atomic mass is 9.95. The van der Waals surface area contributed by atoms with Gasteiger partial charge in [-0.05, 0) is 31.2 Å². The Labute approximate surface area is 110 Å². The normalized spacial score (nSPS) is 19.5. The average Bonchev–Trinajstić information content (AvgIpc) is 2.39. The Morgan fingerprint density at radius 2 is 2.32 bits per heavy atom. The molecular weight excluding hydrogens is 251 g/mol. The minimum Gasteiger partial charge on any atom is -0.396 e. The van der Waals surface area contributed by atoms with Gasteiger partial charge < -0.3 is 10.0 Å². The van der Waals surface area contributed by atoms with E-state index >= 15 is 0 Å². The average molecular weight is 268 g/mol. The number of halogens is 1. The Kier molecular flexibility index (Phi) is 4.31. The van der Waals surface area contributed by atoms with Gasteiger partial charge in [-0.3, -0.25) is 10.1 Å². The molecule has 1 fully saturated rings. The fourth-order valence-electron chi connectivity index (χ4n) is 2.57. The highest BCUT2D eigenvalue weighted by molar-refractivity contribution is 5.52. The van der Waals surface area contributed by atoms with Crippen LogP contribution in [0.4, 0.5) is 15.8 Å². The van der Waals surface area contributed by atoms with Crippen molar-refractivity contribution in [3.63, 3.8) is 0 Å². The first-order chi connectivity index (χ1) is 9.11. The van der Waals surface area contributed by atoms with Crippen molar-refractivity contribution in [3.8, 4) is 0 Å². The third-order valence-electron chi connectivity index (χ3n) is 3.54. The molecule has 1 heterocycles. The van der Waals surface area contributed by atoms with Gasteiger partial charge in [-0.25, -0.2) is 4.39 Å². The van der Waals surface area contributed by atoms with Gasteiger partial charge in [-0.1, -0.05) is 0 Å². The van der Waals surface area contributed by atoms with Crippen molar-refractivity contribution in [2.24, 2.45) is 5.92 Å². The van der Waals surface area contributed by atoms with Crippen molar-refractivity contribution in [2.45, 2.75) is 19.3 Å². The Morgan fingerprint density at radius 3 is 2.95 bits per heavy atom. The fraction of sp³-hybridized carbons (Fsp3) is 0.538. The second-order valence-electron chi connectivity index (χ2n) is 4.86. The summed E-state index contributed by atoms with van der Waals surface area (Å²) < 4.78 is 13.9. The SMILES string of the molecule is O=[N+]([O-])c1ccc(N2CCCC(CCO)C2)c(F)c1. The molecule has 1 aliphatic rings. The van der Waals surface area contributed by atoms with Crippen LogP contribution in [0.25, 0.3) is 0 Å². The summed E-state index contributed by atoms with van der Waals surface area (Å²) in [5.41, 5.74) is 0.179. The maximum atomic E-state index is 13.9. The van der Waals surface area contributed by atoms with Gasteiger partial charge in [0, 0.05) is 25.8 Å². The van der Waals surface area contributed by atoms with Crippen LogP contribution in [0.5, 0.6) is 0 Å². The number of aliphatic hydroxyl groups excluding tert-OH is 1. The third kappa shape index (κ3) is 3.20. The number of hydrogen-bond acceptors (Lipinski definition) is 4. The molecule has 1 unspecified atom stereocenters. The maximum Gasteiger partial charge on any atom is 0.272 e. The topological polar surface area (TPSA) is 66.6 Å². The van der Waals surface area contributed by atoms with Gasteiger partial charge in [0.1, 0.15) is 0 Å². The third-order valence-corrected chi connectivity index (χ3v) is 3.54. The summed E-state index contributed by atoms with van der Waals surface area (Å²) >= 11 is 0. The molecular formula is C13H17FN2O3. The number of hydrogen-bond donors (Lipinski definition) is 1. The first-order valence-electron chi connectivity index (χ1n) is 6.41. The van der Waals surface area contributed by atoms with Crippen LogP contribution in [0.2, 0.25) is 0 Å². The quantitative estimate of drug-likeness (QED) is 0.672. The van der Waals surface area contributed by atoms with Crippen LogP contribution < -0.4 is 4.90 Å². The first-order valence-corrected chi connectivity index (χ1v) is 6.41. The zero-order chi connectivity index (χ0) is 13.8. The van der Waals surface area contributed by atoms with E-state index in [9.17, 15) is 14.5 Å². The van der Waals surface area contributed by atoms with Crippen LogP contribution in [0.3, 0.4) is 0 Å². The summed E-state index contributed by atoms with van der Waals surface area (Å²) in [7, 11) is 0. The van der Waals surface area contributed by atoms with E-state index in [1.807, 2.05) is 4.90 Å². The maximum absolute atomic E-state index is 13.9. The van der Waals surface area contributed by atoms with E-state index < -0.39 is 10.7 Å². The summed E-state index contributed by atoms with van der Waals surface area (Å²) in [5.74, 6) is -0.202. The van der Waals surface area contributed by atoms with E-state index in [4.69, 9.17) is 5.11 Å². The Morgan fingerprint density at radius 1 is 1.53 bits per heavy atom. The van der Waals surface area contributed by atoms with Gasteiger partial charge in [0.2, 0.25) is 0 Å². The van der Waals surface area contributed by atoms with Crippen molar-refractivity contribution in [1.29, 1.82) is 0 Å². The summed E-state index contributed by atoms with van der Waals surface area (Å²) in [4.78, 5) is 11.9. The molecule has 2 rings (SSSR count). The fourth-order valence-corrected chi connectivity index (χ4v) is 2.57. The van der Waals surface area contributed by atoms with E-state index in [1.165, 1.54) is 12.1 Å². The molecule has 0 amide bonds. The van der Waals surface area contributed by atoms with Gasteiger partial charge in [0.15, 0.2) is 5.82 Å². The number of nitrogens with zero attached hydrogens (tertiary/aromatic N) is 2. The Bertz CT molecular complexity index is 465. The second kappa shape index (κ2) is 5.97. The zero-order valence-electron chi connectivity index (χ0n) is 10.6.